The normalized spacial score (nSPS) is 21.6. The molecule has 1 saturated heterocycles. The lowest BCUT2D eigenvalue weighted by Crippen LogP contribution is -2.71. The highest BCUT2D eigenvalue weighted by Crippen LogP contribution is 2.30. The van der Waals surface area contributed by atoms with Crippen molar-refractivity contribution in [1.29, 1.82) is 0 Å². The van der Waals surface area contributed by atoms with Crippen LogP contribution in [0, 0.1) is 11.3 Å². The first-order chi connectivity index (χ1) is 7.46. The lowest BCUT2D eigenvalue weighted by Gasteiger charge is -2.49. The van der Waals surface area contributed by atoms with Gasteiger partial charge in [0.1, 0.15) is 0 Å². The second-order valence-corrected chi connectivity index (χ2v) is 8.87. The molecule has 1 rings (SSSR count). The Morgan fingerprint density at radius 2 is 1.76 bits per heavy atom. The van der Waals surface area contributed by atoms with Gasteiger partial charge in [-0.3, -0.25) is 0 Å². The molecule has 0 saturated carbocycles. The van der Waals surface area contributed by atoms with Gasteiger partial charge in [0.2, 0.25) is 10.0 Å². The van der Waals surface area contributed by atoms with Gasteiger partial charge in [-0.2, -0.15) is 4.31 Å². The van der Waals surface area contributed by atoms with E-state index < -0.39 is 10.0 Å². The SMILES string of the molecule is CC(C)C1(N)CN(S(=O)(=O)CCC(C)(C)C)C1. The highest BCUT2D eigenvalue weighted by molar-refractivity contribution is 7.89. The minimum atomic E-state index is -3.11. The Balaban J connectivity index is 2.53. The number of sulfonamides is 1. The van der Waals surface area contributed by atoms with Gasteiger partial charge in [-0.15, -0.1) is 0 Å². The van der Waals surface area contributed by atoms with Crippen molar-refractivity contribution >= 4 is 10.0 Å². The molecular weight excluding hydrogens is 236 g/mol. The van der Waals surface area contributed by atoms with E-state index in [0.29, 0.717) is 25.4 Å². The summed E-state index contributed by atoms with van der Waals surface area (Å²) in [6, 6.07) is 0. The Hall–Kier alpha value is -0.130. The highest BCUT2D eigenvalue weighted by Gasteiger charge is 2.46. The van der Waals surface area contributed by atoms with Crippen LogP contribution in [0.3, 0.4) is 0 Å². The molecule has 0 aromatic rings. The summed E-state index contributed by atoms with van der Waals surface area (Å²) < 4.78 is 25.6. The second-order valence-electron chi connectivity index (χ2n) is 6.78. The zero-order valence-corrected chi connectivity index (χ0v) is 12.5. The lowest BCUT2D eigenvalue weighted by molar-refractivity contribution is 0.110. The molecule has 0 atom stereocenters. The van der Waals surface area contributed by atoms with Gasteiger partial charge >= 0.3 is 0 Å². The lowest BCUT2D eigenvalue weighted by atomic mass is 9.82. The van der Waals surface area contributed by atoms with Crippen molar-refractivity contribution in [2.45, 2.75) is 46.6 Å². The maximum absolute atomic E-state index is 12.0. The molecule has 0 radical (unpaired) electrons. The predicted octanol–water partition coefficient (Wildman–Crippen LogP) is 1.42. The van der Waals surface area contributed by atoms with Gasteiger partial charge in [0.05, 0.1) is 5.75 Å². The Morgan fingerprint density at radius 3 is 2.12 bits per heavy atom. The summed E-state index contributed by atoms with van der Waals surface area (Å²) in [4.78, 5) is 0. The molecule has 0 unspecified atom stereocenters. The summed E-state index contributed by atoms with van der Waals surface area (Å²) in [5.41, 5.74) is 5.84. The van der Waals surface area contributed by atoms with Crippen molar-refractivity contribution < 1.29 is 8.42 Å². The van der Waals surface area contributed by atoms with Crippen molar-refractivity contribution in [3.63, 3.8) is 0 Å². The molecule has 0 aliphatic carbocycles. The van der Waals surface area contributed by atoms with Crippen LogP contribution in [-0.4, -0.2) is 37.1 Å². The summed E-state index contributed by atoms with van der Waals surface area (Å²) in [5.74, 6) is 0.543. The number of nitrogens with two attached hydrogens (primary N) is 1. The fraction of sp³-hybridized carbons (Fsp3) is 1.00. The predicted molar refractivity (Wildman–Crippen MR) is 71.2 cm³/mol. The van der Waals surface area contributed by atoms with E-state index in [1.165, 1.54) is 4.31 Å². The van der Waals surface area contributed by atoms with Crippen LogP contribution >= 0.6 is 0 Å². The molecule has 5 heteroatoms. The minimum Gasteiger partial charge on any atom is -0.323 e. The topological polar surface area (TPSA) is 63.4 Å². The van der Waals surface area contributed by atoms with Crippen LogP contribution in [0.5, 0.6) is 0 Å². The molecule has 0 aromatic heterocycles. The van der Waals surface area contributed by atoms with Gasteiger partial charge in [0, 0.05) is 18.6 Å². The zero-order chi connectivity index (χ0) is 13.5. The van der Waals surface area contributed by atoms with Crippen LogP contribution < -0.4 is 5.73 Å². The van der Waals surface area contributed by atoms with Gasteiger partial charge in [-0.1, -0.05) is 34.6 Å². The molecule has 102 valence electrons. The summed E-state index contributed by atoms with van der Waals surface area (Å²) in [6.07, 6.45) is 0.686. The van der Waals surface area contributed by atoms with E-state index in [2.05, 4.69) is 20.8 Å². The van der Waals surface area contributed by atoms with Gasteiger partial charge in [-0.25, -0.2) is 8.42 Å². The van der Waals surface area contributed by atoms with E-state index in [1.54, 1.807) is 0 Å². The molecule has 1 aliphatic heterocycles. The molecule has 0 amide bonds. The Labute approximate surface area is 106 Å². The Morgan fingerprint density at radius 1 is 1.29 bits per heavy atom. The summed E-state index contributed by atoms with van der Waals surface area (Å²) in [5, 5.41) is 0. The highest BCUT2D eigenvalue weighted by atomic mass is 32.2. The molecule has 1 fully saturated rings. The van der Waals surface area contributed by atoms with Crippen LogP contribution in [0.15, 0.2) is 0 Å². The quantitative estimate of drug-likeness (QED) is 0.833. The zero-order valence-electron chi connectivity index (χ0n) is 11.7. The van der Waals surface area contributed by atoms with Gasteiger partial charge in [0.25, 0.3) is 0 Å². The number of hydrogen-bond donors (Lipinski definition) is 1. The molecule has 1 aliphatic rings. The van der Waals surface area contributed by atoms with Crippen LogP contribution in [0.2, 0.25) is 0 Å². The number of nitrogens with zero attached hydrogens (tertiary/aromatic N) is 1. The first-order valence-corrected chi connectivity index (χ1v) is 7.84. The minimum absolute atomic E-state index is 0.0514. The van der Waals surface area contributed by atoms with E-state index in [0.717, 1.165) is 0 Å². The Kier molecular flexibility index (Phi) is 3.97. The van der Waals surface area contributed by atoms with Crippen LogP contribution in [0.4, 0.5) is 0 Å². The summed E-state index contributed by atoms with van der Waals surface area (Å²) >= 11 is 0. The molecule has 1 heterocycles. The summed E-state index contributed by atoms with van der Waals surface area (Å²) in [7, 11) is -3.11. The van der Waals surface area contributed by atoms with Crippen molar-refractivity contribution in [3.05, 3.63) is 0 Å². The van der Waals surface area contributed by atoms with Crippen molar-refractivity contribution in [2.24, 2.45) is 17.1 Å². The van der Waals surface area contributed by atoms with E-state index >= 15 is 0 Å². The van der Waals surface area contributed by atoms with Crippen LogP contribution in [-0.2, 0) is 10.0 Å². The Bertz CT molecular complexity index is 362. The molecule has 17 heavy (non-hydrogen) atoms. The molecule has 0 aromatic carbocycles. The molecule has 0 bridgehead atoms. The average molecular weight is 262 g/mol. The van der Waals surface area contributed by atoms with Crippen molar-refractivity contribution in [2.75, 3.05) is 18.8 Å². The third-order valence-corrected chi connectivity index (χ3v) is 5.36. The fourth-order valence-electron chi connectivity index (χ4n) is 1.74. The smallest absolute Gasteiger partial charge is 0.214 e. The maximum Gasteiger partial charge on any atom is 0.214 e. The summed E-state index contributed by atoms with van der Waals surface area (Å²) in [6.45, 7) is 11.2. The van der Waals surface area contributed by atoms with Crippen LogP contribution in [0.25, 0.3) is 0 Å². The van der Waals surface area contributed by atoms with Gasteiger partial charge in [-0.05, 0) is 17.8 Å². The first-order valence-electron chi connectivity index (χ1n) is 6.23. The van der Waals surface area contributed by atoms with E-state index in [4.69, 9.17) is 5.73 Å². The number of hydrogen-bond acceptors (Lipinski definition) is 3. The van der Waals surface area contributed by atoms with E-state index in [-0.39, 0.29) is 16.7 Å². The number of rotatable bonds is 4. The van der Waals surface area contributed by atoms with E-state index in [9.17, 15) is 8.42 Å². The monoisotopic (exact) mass is 262 g/mol. The maximum atomic E-state index is 12.0. The molecule has 4 nitrogen and oxygen atoms in total. The van der Waals surface area contributed by atoms with E-state index in [1.807, 2.05) is 13.8 Å². The first kappa shape index (κ1) is 14.9. The van der Waals surface area contributed by atoms with Crippen LogP contribution in [0.1, 0.15) is 41.0 Å². The van der Waals surface area contributed by atoms with Crippen molar-refractivity contribution in [1.82, 2.24) is 4.31 Å². The third-order valence-electron chi connectivity index (χ3n) is 3.59. The molecule has 0 spiro atoms. The third kappa shape index (κ3) is 3.66. The van der Waals surface area contributed by atoms with Gasteiger partial charge < -0.3 is 5.73 Å². The van der Waals surface area contributed by atoms with Crippen molar-refractivity contribution in [3.8, 4) is 0 Å². The average Bonchev–Trinajstić information content (AvgIpc) is 2.08. The largest absolute Gasteiger partial charge is 0.323 e. The molecular formula is C12H26N2O2S. The fourth-order valence-corrected chi connectivity index (χ4v) is 3.74. The molecule has 2 N–H and O–H groups in total. The van der Waals surface area contributed by atoms with Gasteiger partial charge in [0.15, 0.2) is 0 Å². The second kappa shape index (κ2) is 4.52. The standard InChI is InChI=1S/C12H26N2O2S/c1-10(2)12(13)8-14(9-12)17(15,16)7-6-11(3,4)5/h10H,6-9,13H2,1-5H3.